The lowest BCUT2D eigenvalue weighted by molar-refractivity contribution is -0.274. The SMILES string of the molecule is O=C(Nc1ccc(C2CCC(C(=O)O)CC2)cc1)c1nnc(Nc2cccc(OC(F)(F)F)c2)o1. The molecule has 0 unspecified atom stereocenters. The number of aliphatic carboxylic acids is 1. The summed E-state index contributed by atoms with van der Waals surface area (Å²) in [6.45, 7) is 0. The van der Waals surface area contributed by atoms with Crippen molar-refractivity contribution in [1.82, 2.24) is 10.2 Å². The Bertz CT molecular complexity index is 1190. The van der Waals surface area contributed by atoms with Crippen LogP contribution in [0.1, 0.15) is 47.8 Å². The first-order chi connectivity index (χ1) is 16.7. The maximum Gasteiger partial charge on any atom is 0.573 e. The number of nitrogens with zero attached hydrogens (tertiary/aromatic N) is 2. The number of aromatic nitrogens is 2. The molecule has 2 aromatic carbocycles. The number of carbonyl (C=O) groups is 2. The highest BCUT2D eigenvalue weighted by Crippen LogP contribution is 2.36. The summed E-state index contributed by atoms with van der Waals surface area (Å²) in [5, 5.41) is 21.7. The van der Waals surface area contributed by atoms with Crippen LogP contribution in [-0.4, -0.2) is 33.5 Å². The van der Waals surface area contributed by atoms with E-state index in [4.69, 9.17) is 9.52 Å². The molecule has 3 aromatic rings. The predicted molar refractivity (Wildman–Crippen MR) is 117 cm³/mol. The number of ether oxygens (including phenoxy) is 1. The number of hydrogen-bond donors (Lipinski definition) is 3. The maximum absolute atomic E-state index is 12.4. The number of carbonyl (C=O) groups excluding carboxylic acids is 1. The van der Waals surface area contributed by atoms with E-state index in [0.29, 0.717) is 18.5 Å². The Morgan fingerprint density at radius 3 is 2.37 bits per heavy atom. The Balaban J connectivity index is 1.33. The summed E-state index contributed by atoms with van der Waals surface area (Å²) in [4.78, 5) is 23.6. The van der Waals surface area contributed by atoms with E-state index in [2.05, 4.69) is 25.6 Å². The van der Waals surface area contributed by atoms with E-state index < -0.39 is 24.0 Å². The van der Waals surface area contributed by atoms with Gasteiger partial charge in [0.2, 0.25) is 0 Å². The molecule has 1 heterocycles. The molecule has 0 saturated heterocycles. The molecule has 35 heavy (non-hydrogen) atoms. The Morgan fingerprint density at radius 2 is 1.71 bits per heavy atom. The van der Waals surface area contributed by atoms with E-state index in [-0.39, 0.29) is 29.4 Å². The first kappa shape index (κ1) is 24.0. The van der Waals surface area contributed by atoms with Crippen molar-refractivity contribution in [2.75, 3.05) is 10.6 Å². The summed E-state index contributed by atoms with van der Waals surface area (Å²) in [5.74, 6) is -2.18. The Labute approximate surface area is 197 Å². The molecule has 0 spiro atoms. The van der Waals surface area contributed by atoms with E-state index in [1.54, 1.807) is 12.1 Å². The van der Waals surface area contributed by atoms with Gasteiger partial charge >= 0.3 is 30.1 Å². The van der Waals surface area contributed by atoms with Crippen molar-refractivity contribution in [3.8, 4) is 5.75 Å². The van der Waals surface area contributed by atoms with Crippen LogP contribution in [0.25, 0.3) is 0 Å². The number of anilines is 3. The molecule has 0 bridgehead atoms. The molecule has 1 fully saturated rings. The number of carboxylic acids is 1. The number of hydrogen-bond acceptors (Lipinski definition) is 7. The molecule has 4 rings (SSSR count). The Morgan fingerprint density at radius 1 is 1.00 bits per heavy atom. The van der Waals surface area contributed by atoms with Gasteiger partial charge in [-0.15, -0.1) is 18.3 Å². The van der Waals surface area contributed by atoms with E-state index in [0.717, 1.165) is 30.5 Å². The van der Waals surface area contributed by atoms with Crippen LogP contribution < -0.4 is 15.4 Å². The van der Waals surface area contributed by atoms with Crippen molar-refractivity contribution in [3.05, 3.63) is 60.0 Å². The molecular formula is C23H21F3N4O5. The fourth-order valence-corrected chi connectivity index (χ4v) is 3.96. The molecule has 0 radical (unpaired) electrons. The lowest BCUT2D eigenvalue weighted by Gasteiger charge is -2.26. The van der Waals surface area contributed by atoms with Crippen LogP contribution in [0.15, 0.2) is 52.9 Å². The summed E-state index contributed by atoms with van der Waals surface area (Å²) < 4.78 is 46.3. The van der Waals surface area contributed by atoms with Gasteiger partial charge in [-0.3, -0.25) is 9.59 Å². The topological polar surface area (TPSA) is 127 Å². The predicted octanol–water partition coefficient (Wildman–Crippen LogP) is 5.32. The van der Waals surface area contributed by atoms with Gasteiger partial charge < -0.3 is 24.9 Å². The van der Waals surface area contributed by atoms with Gasteiger partial charge in [0.1, 0.15) is 5.75 Å². The van der Waals surface area contributed by atoms with E-state index >= 15 is 0 Å². The molecule has 1 aromatic heterocycles. The van der Waals surface area contributed by atoms with Crippen LogP contribution in [0.3, 0.4) is 0 Å². The fraction of sp³-hybridized carbons (Fsp3) is 0.304. The highest BCUT2D eigenvalue weighted by atomic mass is 19.4. The average molecular weight is 490 g/mol. The van der Waals surface area contributed by atoms with Crippen LogP contribution in [-0.2, 0) is 4.79 Å². The first-order valence-corrected chi connectivity index (χ1v) is 10.8. The number of amides is 1. The zero-order valence-electron chi connectivity index (χ0n) is 18.2. The summed E-state index contributed by atoms with van der Waals surface area (Å²) in [6.07, 6.45) is -1.94. The van der Waals surface area contributed by atoms with Gasteiger partial charge in [0.15, 0.2) is 0 Å². The molecule has 1 aliphatic carbocycles. The second-order valence-electron chi connectivity index (χ2n) is 8.08. The lowest BCUT2D eigenvalue weighted by atomic mass is 9.79. The van der Waals surface area contributed by atoms with Gasteiger partial charge in [0.05, 0.1) is 5.92 Å². The Hall–Kier alpha value is -4.09. The van der Waals surface area contributed by atoms with E-state index in [1.807, 2.05) is 12.1 Å². The second-order valence-corrected chi connectivity index (χ2v) is 8.08. The molecule has 1 amide bonds. The molecule has 1 saturated carbocycles. The van der Waals surface area contributed by atoms with Gasteiger partial charge in [0.25, 0.3) is 0 Å². The van der Waals surface area contributed by atoms with Gasteiger partial charge in [-0.2, -0.15) is 0 Å². The number of alkyl halides is 3. The summed E-state index contributed by atoms with van der Waals surface area (Å²) in [5.41, 5.74) is 1.77. The minimum atomic E-state index is -4.83. The number of carboxylic acid groups (broad SMARTS) is 1. The standard InChI is InChI=1S/C23H21F3N4O5/c24-23(25,26)35-18-3-1-2-17(12-18)28-22-30-29-20(34-22)19(31)27-16-10-8-14(9-11-16)13-4-6-15(7-5-13)21(32)33/h1-3,8-13,15H,4-7H2,(H,27,31)(H,28,30)(H,32,33). The summed E-state index contributed by atoms with van der Waals surface area (Å²) >= 11 is 0. The lowest BCUT2D eigenvalue weighted by Crippen LogP contribution is -2.20. The first-order valence-electron chi connectivity index (χ1n) is 10.8. The third kappa shape index (κ3) is 6.49. The van der Waals surface area contributed by atoms with Crippen LogP contribution in [0.5, 0.6) is 5.75 Å². The number of halogens is 3. The summed E-state index contributed by atoms with van der Waals surface area (Å²) in [7, 11) is 0. The van der Waals surface area contributed by atoms with Crippen molar-refractivity contribution in [2.24, 2.45) is 5.92 Å². The van der Waals surface area contributed by atoms with Gasteiger partial charge in [0, 0.05) is 17.4 Å². The quantitative estimate of drug-likeness (QED) is 0.406. The van der Waals surface area contributed by atoms with Crippen molar-refractivity contribution in [3.63, 3.8) is 0 Å². The zero-order chi connectivity index (χ0) is 25.0. The monoisotopic (exact) mass is 490 g/mol. The van der Waals surface area contributed by atoms with Crippen LogP contribution in [0.2, 0.25) is 0 Å². The van der Waals surface area contributed by atoms with Crippen molar-refractivity contribution < 1.29 is 37.0 Å². The van der Waals surface area contributed by atoms with Crippen molar-refractivity contribution in [1.29, 1.82) is 0 Å². The highest BCUT2D eigenvalue weighted by Gasteiger charge is 2.31. The number of rotatable bonds is 7. The van der Waals surface area contributed by atoms with Crippen LogP contribution in [0.4, 0.5) is 30.6 Å². The maximum atomic E-state index is 12.4. The molecule has 0 atom stereocenters. The molecule has 9 nitrogen and oxygen atoms in total. The fourth-order valence-electron chi connectivity index (χ4n) is 3.96. The third-order valence-corrected chi connectivity index (χ3v) is 5.65. The minimum absolute atomic E-state index is 0.188. The molecular weight excluding hydrogens is 469 g/mol. The molecule has 3 N–H and O–H groups in total. The van der Waals surface area contributed by atoms with Gasteiger partial charge in [-0.1, -0.05) is 23.3 Å². The number of benzene rings is 2. The Kier molecular flexibility index (Phi) is 6.90. The minimum Gasteiger partial charge on any atom is -0.481 e. The van der Waals surface area contributed by atoms with Crippen LogP contribution >= 0.6 is 0 Å². The zero-order valence-corrected chi connectivity index (χ0v) is 18.2. The number of nitrogens with one attached hydrogen (secondary N) is 2. The molecule has 184 valence electrons. The molecule has 12 heteroatoms. The molecule has 0 aliphatic heterocycles. The molecule has 1 aliphatic rings. The van der Waals surface area contributed by atoms with Gasteiger partial charge in [-0.05, 0) is 61.4 Å². The third-order valence-electron chi connectivity index (χ3n) is 5.65. The second kappa shape index (κ2) is 10.0. The van der Waals surface area contributed by atoms with E-state index in [9.17, 15) is 22.8 Å². The van der Waals surface area contributed by atoms with Crippen molar-refractivity contribution >= 4 is 29.3 Å². The van der Waals surface area contributed by atoms with Crippen LogP contribution in [0, 0.1) is 5.92 Å². The summed E-state index contributed by atoms with van der Waals surface area (Å²) in [6, 6.07) is 12.1. The smallest absolute Gasteiger partial charge is 0.481 e. The van der Waals surface area contributed by atoms with E-state index in [1.165, 1.54) is 12.1 Å². The normalized spacial score (nSPS) is 18.0. The van der Waals surface area contributed by atoms with Crippen molar-refractivity contribution in [2.45, 2.75) is 38.0 Å². The highest BCUT2D eigenvalue weighted by molar-refractivity contribution is 6.00. The van der Waals surface area contributed by atoms with Gasteiger partial charge in [-0.25, -0.2) is 0 Å². The largest absolute Gasteiger partial charge is 0.573 e. The average Bonchev–Trinajstić information content (AvgIpc) is 3.27.